The second-order valence-corrected chi connectivity index (χ2v) is 5.12. The number of nitro benzene ring substituents is 1. The van der Waals surface area contributed by atoms with Crippen molar-refractivity contribution in [1.29, 1.82) is 0 Å². The van der Waals surface area contributed by atoms with Crippen LogP contribution in [-0.2, 0) is 6.54 Å². The molecule has 1 aromatic heterocycles. The monoisotopic (exact) mass is 345 g/mol. The average molecular weight is 345 g/mol. The number of methoxy groups -OCH3 is 1. The van der Waals surface area contributed by atoms with Crippen molar-refractivity contribution in [3.63, 3.8) is 0 Å². The van der Waals surface area contributed by atoms with Crippen LogP contribution in [0.2, 0.25) is 0 Å². The van der Waals surface area contributed by atoms with E-state index in [2.05, 4.69) is 10.3 Å². The van der Waals surface area contributed by atoms with Crippen molar-refractivity contribution in [2.75, 3.05) is 20.3 Å². The van der Waals surface area contributed by atoms with Crippen molar-refractivity contribution in [2.24, 2.45) is 0 Å². The minimum Gasteiger partial charge on any atom is -0.486 e. The molecule has 3 rings (SSSR count). The van der Waals surface area contributed by atoms with Crippen molar-refractivity contribution in [3.8, 4) is 17.4 Å². The predicted octanol–water partition coefficient (Wildman–Crippen LogP) is 1.70. The molecule has 2 aromatic rings. The highest BCUT2D eigenvalue weighted by atomic mass is 16.6. The van der Waals surface area contributed by atoms with Crippen LogP contribution in [0.3, 0.4) is 0 Å². The zero-order valence-corrected chi connectivity index (χ0v) is 13.4. The number of nitrogens with one attached hydrogen (secondary N) is 1. The van der Waals surface area contributed by atoms with Crippen molar-refractivity contribution in [3.05, 3.63) is 51.7 Å². The van der Waals surface area contributed by atoms with Crippen molar-refractivity contribution < 1.29 is 23.9 Å². The highest BCUT2D eigenvalue weighted by Crippen LogP contribution is 2.36. The molecule has 1 N–H and O–H groups in total. The second-order valence-electron chi connectivity index (χ2n) is 5.12. The fourth-order valence-electron chi connectivity index (χ4n) is 2.42. The summed E-state index contributed by atoms with van der Waals surface area (Å²) in [6.07, 6.45) is 1.57. The van der Waals surface area contributed by atoms with Gasteiger partial charge in [-0.3, -0.25) is 14.9 Å². The Hall–Kier alpha value is -3.36. The lowest BCUT2D eigenvalue weighted by molar-refractivity contribution is -0.385. The van der Waals surface area contributed by atoms with Crippen LogP contribution in [0.1, 0.15) is 15.9 Å². The van der Waals surface area contributed by atoms with E-state index in [0.29, 0.717) is 30.4 Å². The molecular formula is C16H15N3O6. The zero-order valence-electron chi connectivity index (χ0n) is 13.4. The predicted molar refractivity (Wildman–Crippen MR) is 86.0 cm³/mol. The van der Waals surface area contributed by atoms with Gasteiger partial charge >= 0.3 is 0 Å². The molecule has 1 aliphatic heterocycles. The van der Waals surface area contributed by atoms with Gasteiger partial charge in [-0.25, -0.2) is 4.98 Å². The highest BCUT2D eigenvalue weighted by Gasteiger charge is 2.26. The quantitative estimate of drug-likeness (QED) is 0.648. The molecule has 0 radical (unpaired) electrons. The summed E-state index contributed by atoms with van der Waals surface area (Å²) < 4.78 is 15.8. The highest BCUT2D eigenvalue weighted by molar-refractivity contribution is 5.99. The number of pyridine rings is 1. The number of rotatable bonds is 5. The van der Waals surface area contributed by atoms with Crippen LogP contribution in [-0.4, -0.2) is 36.1 Å². The first-order valence-corrected chi connectivity index (χ1v) is 7.44. The lowest BCUT2D eigenvalue weighted by Crippen LogP contribution is -2.25. The Labute approximate surface area is 142 Å². The molecule has 1 amide bonds. The molecule has 0 aliphatic carbocycles. The number of hydrogen-bond acceptors (Lipinski definition) is 7. The topological polar surface area (TPSA) is 113 Å². The van der Waals surface area contributed by atoms with Crippen LogP contribution in [0, 0.1) is 10.1 Å². The first-order chi connectivity index (χ1) is 12.1. The van der Waals surface area contributed by atoms with Gasteiger partial charge in [-0.2, -0.15) is 0 Å². The number of carbonyl (C=O) groups is 1. The molecule has 130 valence electrons. The lowest BCUT2D eigenvalue weighted by Gasteiger charge is -2.19. The van der Waals surface area contributed by atoms with Crippen molar-refractivity contribution in [1.82, 2.24) is 10.3 Å². The first kappa shape index (κ1) is 16.5. The maximum absolute atomic E-state index is 12.5. The molecule has 0 bridgehead atoms. The number of carbonyl (C=O) groups excluding carboxylic acids is 1. The SMILES string of the molecule is COc1ncccc1CNC(=O)c1cc2c(cc1[N+](=O)[O-])OCCO2. The molecule has 0 atom stereocenters. The van der Waals surface area contributed by atoms with Gasteiger partial charge in [-0.15, -0.1) is 0 Å². The number of benzene rings is 1. The van der Waals surface area contributed by atoms with E-state index in [1.54, 1.807) is 18.3 Å². The molecule has 25 heavy (non-hydrogen) atoms. The average Bonchev–Trinajstić information content (AvgIpc) is 2.65. The van der Waals surface area contributed by atoms with Gasteiger partial charge in [0.2, 0.25) is 5.88 Å². The van der Waals surface area contributed by atoms with Gasteiger partial charge < -0.3 is 19.5 Å². The van der Waals surface area contributed by atoms with Crippen LogP contribution in [0.5, 0.6) is 17.4 Å². The van der Waals surface area contributed by atoms with Crippen LogP contribution >= 0.6 is 0 Å². The molecule has 9 nitrogen and oxygen atoms in total. The Balaban J connectivity index is 1.85. The maximum Gasteiger partial charge on any atom is 0.286 e. The van der Waals surface area contributed by atoms with Gasteiger partial charge in [0.25, 0.3) is 11.6 Å². The van der Waals surface area contributed by atoms with Crippen LogP contribution < -0.4 is 19.5 Å². The summed E-state index contributed by atoms with van der Waals surface area (Å²) >= 11 is 0. The summed E-state index contributed by atoms with van der Waals surface area (Å²) in [6, 6.07) is 5.97. The molecule has 0 saturated heterocycles. The van der Waals surface area contributed by atoms with E-state index >= 15 is 0 Å². The summed E-state index contributed by atoms with van der Waals surface area (Å²) in [4.78, 5) is 27.1. The molecule has 0 unspecified atom stereocenters. The summed E-state index contributed by atoms with van der Waals surface area (Å²) in [5.74, 6) is 0.332. The Morgan fingerprint density at radius 2 is 2.08 bits per heavy atom. The number of amides is 1. The number of fused-ring (bicyclic) bond motifs is 1. The first-order valence-electron chi connectivity index (χ1n) is 7.44. The van der Waals surface area contributed by atoms with Gasteiger partial charge in [0.1, 0.15) is 18.8 Å². The van der Waals surface area contributed by atoms with Crippen LogP contribution in [0.25, 0.3) is 0 Å². The van der Waals surface area contributed by atoms with Crippen LogP contribution in [0.4, 0.5) is 5.69 Å². The Bertz CT molecular complexity index is 824. The minimum atomic E-state index is -0.627. The summed E-state index contributed by atoms with van der Waals surface area (Å²) in [6.45, 7) is 0.733. The normalized spacial score (nSPS) is 12.4. The van der Waals surface area contributed by atoms with E-state index in [-0.39, 0.29) is 23.5 Å². The molecule has 1 aromatic carbocycles. The molecular weight excluding hydrogens is 330 g/mol. The van der Waals surface area contributed by atoms with Crippen molar-refractivity contribution >= 4 is 11.6 Å². The lowest BCUT2D eigenvalue weighted by atomic mass is 10.1. The maximum atomic E-state index is 12.5. The summed E-state index contributed by atoms with van der Waals surface area (Å²) in [7, 11) is 1.47. The number of ether oxygens (including phenoxy) is 3. The van der Waals surface area contributed by atoms with Crippen LogP contribution in [0.15, 0.2) is 30.5 Å². The molecule has 2 heterocycles. The largest absolute Gasteiger partial charge is 0.486 e. The Morgan fingerprint density at radius 3 is 2.76 bits per heavy atom. The fraction of sp³-hybridized carbons (Fsp3) is 0.250. The molecule has 0 saturated carbocycles. The third-order valence-electron chi connectivity index (χ3n) is 3.58. The van der Waals surface area contributed by atoms with E-state index in [0.717, 1.165) is 0 Å². The van der Waals surface area contributed by atoms with Gasteiger partial charge in [-0.05, 0) is 6.07 Å². The van der Waals surface area contributed by atoms with Crippen molar-refractivity contribution in [2.45, 2.75) is 6.54 Å². The van der Waals surface area contributed by atoms with Gasteiger partial charge in [0, 0.05) is 24.4 Å². The second kappa shape index (κ2) is 7.04. The van der Waals surface area contributed by atoms with Gasteiger partial charge in [0.05, 0.1) is 18.1 Å². The summed E-state index contributed by atoms with van der Waals surface area (Å²) in [5, 5.41) is 13.9. The Kier molecular flexibility index (Phi) is 4.64. The van der Waals surface area contributed by atoms with E-state index in [4.69, 9.17) is 14.2 Å². The third kappa shape index (κ3) is 3.44. The smallest absolute Gasteiger partial charge is 0.286 e. The molecule has 1 aliphatic rings. The fourth-order valence-corrected chi connectivity index (χ4v) is 2.42. The Morgan fingerprint density at radius 1 is 1.36 bits per heavy atom. The standard InChI is InChI=1S/C16H15N3O6/c1-23-16-10(3-2-4-17-16)9-18-15(20)11-7-13-14(25-6-5-24-13)8-12(11)19(21)22/h2-4,7-8H,5-6,9H2,1H3,(H,18,20). The van der Waals surface area contributed by atoms with Gasteiger partial charge in [-0.1, -0.05) is 6.07 Å². The summed E-state index contributed by atoms with van der Waals surface area (Å²) in [5.41, 5.74) is 0.204. The van der Waals surface area contributed by atoms with E-state index in [1.807, 2.05) is 0 Å². The van der Waals surface area contributed by atoms with E-state index in [9.17, 15) is 14.9 Å². The number of aromatic nitrogens is 1. The van der Waals surface area contributed by atoms with Gasteiger partial charge in [0.15, 0.2) is 11.5 Å². The third-order valence-corrected chi connectivity index (χ3v) is 3.58. The molecule has 0 spiro atoms. The van der Waals surface area contributed by atoms with E-state index < -0.39 is 10.8 Å². The number of hydrogen-bond donors (Lipinski definition) is 1. The molecule has 9 heteroatoms. The number of nitro groups is 1. The molecule has 0 fully saturated rings. The van der Waals surface area contributed by atoms with E-state index in [1.165, 1.54) is 19.2 Å². The number of nitrogens with zero attached hydrogens (tertiary/aromatic N) is 2. The zero-order chi connectivity index (χ0) is 17.8. The minimum absolute atomic E-state index is 0.0999.